The fourth-order valence-corrected chi connectivity index (χ4v) is 2.40. The summed E-state index contributed by atoms with van der Waals surface area (Å²) < 4.78 is 4.68. The summed E-state index contributed by atoms with van der Waals surface area (Å²) in [5.74, 6) is 0.794. The van der Waals surface area contributed by atoms with Gasteiger partial charge in [-0.15, -0.1) is 11.8 Å². The SMILES string of the molecule is CCNCc1ccc(SCc2nonc2C)cc1. The summed E-state index contributed by atoms with van der Waals surface area (Å²) in [6.45, 7) is 5.94. The monoisotopic (exact) mass is 263 g/mol. The van der Waals surface area contributed by atoms with Crippen LogP contribution < -0.4 is 5.32 Å². The minimum atomic E-state index is 0.794. The Morgan fingerprint density at radius 1 is 1.22 bits per heavy atom. The van der Waals surface area contributed by atoms with Crippen molar-refractivity contribution in [1.29, 1.82) is 0 Å². The number of nitrogens with one attached hydrogen (secondary N) is 1. The van der Waals surface area contributed by atoms with E-state index in [0.29, 0.717) is 0 Å². The molecule has 0 unspecified atom stereocenters. The Morgan fingerprint density at radius 3 is 2.61 bits per heavy atom. The van der Waals surface area contributed by atoms with Gasteiger partial charge in [0.15, 0.2) is 0 Å². The first-order chi connectivity index (χ1) is 8.79. The quantitative estimate of drug-likeness (QED) is 0.812. The van der Waals surface area contributed by atoms with Crippen LogP contribution in [0.4, 0.5) is 0 Å². The first-order valence-electron chi connectivity index (χ1n) is 6.00. The number of nitrogens with zero attached hydrogens (tertiary/aromatic N) is 2. The average Bonchev–Trinajstić information content (AvgIpc) is 2.81. The lowest BCUT2D eigenvalue weighted by Gasteiger charge is -2.04. The van der Waals surface area contributed by atoms with E-state index in [1.807, 2.05) is 6.92 Å². The van der Waals surface area contributed by atoms with Gasteiger partial charge in [0.2, 0.25) is 0 Å². The Hall–Kier alpha value is -1.33. The van der Waals surface area contributed by atoms with Crippen molar-refractivity contribution in [2.75, 3.05) is 6.54 Å². The number of hydrogen-bond acceptors (Lipinski definition) is 5. The second kappa shape index (κ2) is 6.56. The predicted molar refractivity (Wildman–Crippen MR) is 72.4 cm³/mol. The fourth-order valence-electron chi connectivity index (χ4n) is 1.51. The molecule has 0 spiro atoms. The average molecular weight is 263 g/mol. The predicted octanol–water partition coefficient (Wildman–Crippen LogP) is 2.78. The van der Waals surface area contributed by atoms with Gasteiger partial charge in [-0.1, -0.05) is 29.4 Å². The molecule has 1 aromatic heterocycles. The molecule has 0 radical (unpaired) electrons. The van der Waals surface area contributed by atoms with Crippen LogP contribution in [0, 0.1) is 6.92 Å². The molecule has 18 heavy (non-hydrogen) atoms. The Labute approximate surface area is 111 Å². The van der Waals surface area contributed by atoms with Crippen LogP contribution in [0.5, 0.6) is 0 Å². The van der Waals surface area contributed by atoms with Crippen LogP contribution in [-0.4, -0.2) is 16.9 Å². The molecule has 0 aliphatic rings. The third-order valence-electron chi connectivity index (χ3n) is 2.62. The number of aryl methyl sites for hydroxylation is 1. The number of thioether (sulfide) groups is 1. The molecule has 0 atom stereocenters. The van der Waals surface area contributed by atoms with Crippen LogP contribution >= 0.6 is 11.8 Å². The molecule has 96 valence electrons. The Bertz CT molecular complexity index is 481. The lowest BCUT2D eigenvalue weighted by molar-refractivity contribution is 0.302. The van der Waals surface area contributed by atoms with Crippen molar-refractivity contribution in [3.8, 4) is 0 Å². The van der Waals surface area contributed by atoms with Crippen LogP contribution in [0.15, 0.2) is 33.8 Å². The van der Waals surface area contributed by atoms with Gasteiger partial charge in [-0.25, -0.2) is 4.63 Å². The van der Waals surface area contributed by atoms with Crippen molar-refractivity contribution in [2.45, 2.75) is 31.0 Å². The van der Waals surface area contributed by atoms with Crippen LogP contribution in [0.1, 0.15) is 23.9 Å². The van der Waals surface area contributed by atoms with E-state index in [0.717, 1.165) is 30.2 Å². The molecule has 0 amide bonds. The molecule has 1 heterocycles. The fraction of sp³-hybridized carbons (Fsp3) is 0.385. The molecule has 5 heteroatoms. The van der Waals surface area contributed by atoms with Crippen molar-refractivity contribution in [1.82, 2.24) is 15.6 Å². The van der Waals surface area contributed by atoms with Crippen molar-refractivity contribution in [3.63, 3.8) is 0 Å². The molecule has 1 aromatic carbocycles. The number of benzene rings is 1. The molecule has 0 aliphatic heterocycles. The van der Waals surface area contributed by atoms with Crippen molar-refractivity contribution >= 4 is 11.8 Å². The van der Waals surface area contributed by atoms with E-state index in [4.69, 9.17) is 0 Å². The van der Waals surface area contributed by atoms with Gasteiger partial charge in [0.25, 0.3) is 0 Å². The highest BCUT2D eigenvalue weighted by atomic mass is 32.2. The second-order valence-corrected chi connectivity index (χ2v) is 5.06. The van der Waals surface area contributed by atoms with E-state index in [2.05, 4.69) is 51.4 Å². The molecule has 2 aromatic rings. The minimum absolute atomic E-state index is 0.794. The standard InChI is InChI=1S/C13H17N3OS/c1-3-14-8-11-4-6-12(7-5-11)18-9-13-10(2)15-17-16-13/h4-7,14H,3,8-9H2,1-2H3. The third-order valence-corrected chi connectivity index (χ3v) is 3.65. The van der Waals surface area contributed by atoms with E-state index in [9.17, 15) is 0 Å². The van der Waals surface area contributed by atoms with Crippen LogP contribution in [0.25, 0.3) is 0 Å². The van der Waals surface area contributed by atoms with E-state index < -0.39 is 0 Å². The Balaban J connectivity index is 1.88. The van der Waals surface area contributed by atoms with Crippen molar-refractivity contribution < 1.29 is 4.63 Å². The number of hydrogen-bond donors (Lipinski definition) is 1. The Morgan fingerprint density at radius 2 is 2.00 bits per heavy atom. The van der Waals surface area contributed by atoms with Crippen LogP contribution in [0.2, 0.25) is 0 Å². The normalized spacial score (nSPS) is 10.8. The number of aromatic nitrogens is 2. The first-order valence-corrected chi connectivity index (χ1v) is 6.98. The zero-order valence-corrected chi connectivity index (χ0v) is 11.5. The zero-order chi connectivity index (χ0) is 12.8. The Kier molecular flexibility index (Phi) is 4.78. The molecular weight excluding hydrogens is 246 g/mol. The van der Waals surface area contributed by atoms with Crippen LogP contribution in [-0.2, 0) is 12.3 Å². The van der Waals surface area contributed by atoms with Crippen molar-refractivity contribution in [2.24, 2.45) is 0 Å². The van der Waals surface area contributed by atoms with Gasteiger partial charge < -0.3 is 5.32 Å². The van der Waals surface area contributed by atoms with Gasteiger partial charge in [0.05, 0.1) is 0 Å². The largest absolute Gasteiger partial charge is 0.313 e. The summed E-state index contributed by atoms with van der Waals surface area (Å²) >= 11 is 1.74. The minimum Gasteiger partial charge on any atom is -0.313 e. The second-order valence-electron chi connectivity index (χ2n) is 4.01. The third kappa shape index (κ3) is 3.58. The summed E-state index contributed by atoms with van der Waals surface area (Å²) in [5, 5.41) is 10.9. The molecule has 0 saturated heterocycles. The maximum atomic E-state index is 4.68. The van der Waals surface area contributed by atoms with Gasteiger partial charge in [0.1, 0.15) is 11.4 Å². The van der Waals surface area contributed by atoms with Gasteiger partial charge in [-0.2, -0.15) is 0 Å². The highest BCUT2D eigenvalue weighted by Crippen LogP contribution is 2.23. The molecule has 4 nitrogen and oxygen atoms in total. The van der Waals surface area contributed by atoms with E-state index >= 15 is 0 Å². The molecule has 1 N–H and O–H groups in total. The van der Waals surface area contributed by atoms with E-state index in [-0.39, 0.29) is 0 Å². The van der Waals surface area contributed by atoms with Crippen LogP contribution in [0.3, 0.4) is 0 Å². The first kappa shape index (κ1) is 13.1. The van der Waals surface area contributed by atoms with E-state index in [1.54, 1.807) is 11.8 Å². The summed E-state index contributed by atoms with van der Waals surface area (Å²) in [7, 11) is 0. The highest BCUT2D eigenvalue weighted by Gasteiger charge is 2.05. The highest BCUT2D eigenvalue weighted by molar-refractivity contribution is 7.98. The lowest BCUT2D eigenvalue weighted by Crippen LogP contribution is -2.11. The lowest BCUT2D eigenvalue weighted by atomic mass is 10.2. The molecular formula is C13H17N3OS. The molecule has 0 saturated carbocycles. The van der Waals surface area contributed by atoms with Gasteiger partial charge in [0, 0.05) is 17.2 Å². The summed E-state index contributed by atoms with van der Waals surface area (Å²) in [5.41, 5.74) is 3.09. The number of rotatable bonds is 6. The van der Waals surface area contributed by atoms with E-state index in [1.165, 1.54) is 10.5 Å². The summed E-state index contributed by atoms with van der Waals surface area (Å²) in [6, 6.07) is 8.58. The van der Waals surface area contributed by atoms with Gasteiger partial charge in [-0.3, -0.25) is 0 Å². The smallest absolute Gasteiger partial charge is 0.118 e. The molecule has 0 fully saturated rings. The summed E-state index contributed by atoms with van der Waals surface area (Å²) in [4.78, 5) is 1.23. The zero-order valence-electron chi connectivity index (χ0n) is 10.6. The molecule has 0 aliphatic carbocycles. The topological polar surface area (TPSA) is 51.0 Å². The van der Waals surface area contributed by atoms with Gasteiger partial charge in [-0.05, 0) is 31.2 Å². The van der Waals surface area contributed by atoms with Gasteiger partial charge >= 0.3 is 0 Å². The maximum Gasteiger partial charge on any atom is 0.118 e. The summed E-state index contributed by atoms with van der Waals surface area (Å²) in [6.07, 6.45) is 0. The maximum absolute atomic E-state index is 4.68. The molecule has 0 bridgehead atoms. The molecule has 2 rings (SSSR count). The van der Waals surface area contributed by atoms with Crippen molar-refractivity contribution in [3.05, 3.63) is 41.2 Å².